The molecule has 0 spiro atoms. The average molecular weight is 490 g/mol. The SMILES string of the molecule is Nc1nc(/C(=N/O)C(=O)N[C@@H]2C(=O)N3C(C(=O)O)=C(CN4C=CC(C(N)N)=CC4)CCC23)ns1. The number of carboxylic acid groups (broad SMARTS) is 1. The minimum absolute atomic E-state index is 0.0760. The summed E-state index contributed by atoms with van der Waals surface area (Å²) in [7, 11) is 0. The molecule has 15 heteroatoms. The second-order valence-electron chi connectivity index (χ2n) is 7.90. The number of nitrogens with zero attached hydrogens (tertiary/aromatic N) is 5. The van der Waals surface area contributed by atoms with E-state index in [0.717, 1.165) is 17.1 Å². The molecule has 0 aromatic carbocycles. The Morgan fingerprint density at radius 1 is 1.38 bits per heavy atom. The predicted molar refractivity (Wildman–Crippen MR) is 120 cm³/mol. The van der Waals surface area contributed by atoms with Gasteiger partial charge in [-0.2, -0.15) is 9.36 Å². The number of hydrogen-bond acceptors (Lipinski definition) is 12. The van der Waals surface area contributed by atoms with Crippen LogP contribution in [-0.2, 0) is 14.4 Å². The smallest absolute Gasteiger partial charge is 0.352 e. The van der Waals surface area contributed by atoms with Crippen LogP contribution >= 0.6 is 11.5 Å². The van der Waals surface area contributed by atoms with Gasteiger partial charge in [0.2, 0.25) is 11.5 Å². The van der Waals surface area contributed by atoms with Crippen LogP contribution in [0.5, 0.6) is 0 Å². The summed E-state index contributed by atoms with van der Waals surface area (Å²) in [5.74, 6) is -2.84. The molecule has 1 fully saturated rings. The molecule has 0 radical (unpaired) electrons. The quantitative estimate of drug-likeness (QED) is 0.0817. The molecule has 0 saturated carbocycles. The number of carbonyl (C=O) groups is 3. The van der Waals surface area contributed by atoms with E-state index < -0.39 is 41.7 Å². The van der Waals surface area contributed by atoms with Gasteiger partial charge in [0.05, 0.1) is 12.2 Å². The summed E-state index contributed by atoms with van der Waals surface area (Å²) in [5.41, 5.74) is 17.6. The summed E-state index contributed by atoms with van der Waals surface area (Å²) in [5, 5.41) is 24.5. The van der Waals surface area contributed by atoms with E-state index in [4.69, 9.17) is 17.2 Å². The first kappa shape index (κ1) is 23.3. The Labute approximate surface area is 197 Å². The third-order valence-electron chi connectivity index (χ3n) is 5.81. The van der Waals surface area contributed by atoms with Crippen molar-refractivity contribution in [3.05, 3.63) is 41.0 Å². The number of oxime groups is 1. The summed E-state index contributed by atoms with van der Waals surface area (Å²) in [6.07, 6.45) is 5.70. The molecule has 0 aliphatic carbocycles. The number of carbonyl (C=O) groups excluding carboxylic acids is 2. The fourth-order valence-electron chi connectivity index (χ4n) is 4.18. The summed E-state index contributed by atoms with van der Waals surface area (Å²) < 4.78 is 3.82. The van der Waals surface area contributed by atoms with Crippen LogP contribution in [0.1, 0.15) is 18.7 Å². The van der Waals surface area contributed by atoms with Crippen LogP contribution in [0.4, 0.5) is 5.13 Å². The van der Waals surface area contributed by atoms with Crippen LogP contribution in [0.3, 0.4) is 0 Å². The van der Waals surface area contributed by atoms with Crippen molar-refractivity contribution in [2.24, 2.45) is 16.6 Å². The van der Waals surface area contributed by atoms with Crippen molar-refractivity contribution >= 4 is 40.2 Å². The van der Waals surface area contributed by atoms with Gasteiger partial charge in [-0.25, -0.2) is 4.79 Å². The number of nitrogens with one attached hydrogen (secondary N) is 1. The molecule has 2 amide bonds. The Balaban J connectivity index is 1.47. The first-order valence-corrected chi connectivity index (χ1v) is 11.0. The van der Waals surface area contributed by atoms with Gasteiger partial charge in [-0.15, -0.1) is 0 Å². The standard InChI is InChI=1S/C19H23N9O5S/c20-14(21)8-3-5-27(6-4-8)7-9-1-2-10-11(17(30)28(10)13(9)18(31)32)23-16(29)12(25-33)15-24-19(22)34-26-15/h3-5,10-11,14,33H,1-2,6-7,20-21H2,(H,23,29)(H,31,32)(H2,22,24,26)/b25-12-/t10?,11-/m0/s1. The van der Waals surface area contributed by atoms with Crippen molar-refractivity contribution in [2.45, 2.75) is 31.1 Å². The number of hydrogen-bond donors (Lipinski definition) is 6. The van der Waals surface area contributed by atoms with Gasteiger partial charge in [-0.05, 0) is 30.1 Å². The fraction of sp³-hybridized carbons (Fsp3) is 0.368. The molecule has 4 rings (SSSR count). The molecule has 1 unspecified atom stereocenters. The fourth-order valence-corrected chi connectivity index (χ4v) is 4.61. The molecule has 0 bridgehead atoms. The van der Waals surface area contributed by atoms with Crippen molar-refractivity contribution in [1.29, 1.82) is 0 Å². The first-order valence-electron chi connectivity index (χ1n) is 10.3. The van der Waals surface area contributed by atoms with Crippen molar-refractivity contribution in [1.82, 2.24) is 24.5 Å². The van der Waals surface area contributed by atoms with Crippen LogP contribution in [-0.4, -0.2) is 84.3 Å². The maximum atomic E-state index is 12.9. The molecule has 14 nitrogen and oxygen atoms in total. The Bertz CT molecular complexity index is 1150. The second-order valence-corrected chi connectivity index (χ2v) is 8.69. The molecule has 9 N–H and O–H groups in total. The van der Waals surface area contributed by atoms with Gasteiger partial charge in [0.25, 0.3) is 11.8 Å². The summed E-state index contributed by atoms with van der Waals surface area (Å²) in [6.45, 7) is 0.815. The largest absolute Gasteiger partial charge is 0.477 e. The Morgan fingerprint density at radius 3 is 2.71 bits per heavy atom. The molecular formula is C19H23N9O5S. The molecule has 1 saturated heterocycles. The molecule has 3 aliphatic heterocycles. The van der Waals surface area contributed by atoms with Gasteiger partial charge >= 0.3 is 5.97 Å². The number of rotatable bonds is 7. The lowest BCUT2D eigenvalue weighted by molar-refractivity contribution is -0.155. The molecular weight excluding hydrogens is 466 g/mol. The normalized spacial score (nSPS) is 22.5. The van der Waals surface area contributed by atoms with E-state index >= 15 is 0 Å². The van der Waals surface area contributed by atoms with E-state index in [1.54, 1.807) is 12.3 Å². The number of nitrogen functional groups attached to an aromatic ring is 1. The zero-order valence-corrected chi connectivity index (χ0v) is 18.6. The highest BCUT2D eigenvalue weighted by atomic mass is 32.1. The zero-order chi connectivity index (χ0) is 24.6. The van der Waals surface area contributed by atoms with Gasteiger partial charge in [0.15, 0.2) is 5.13 Å². The van der Waals surface area contributed by atoms with Crippen LogP contribution in [0, 0.1) is 0 Å². The van der Waals surface area contributed by atoms with Gasteiger partial charge in [0, 0.05) is 30.8 Å². The monoisotopic (exact) mass is 489 g/mol. The third kappa shape index (κ3) is 4.23. The Hall–Kier alpha value is -3.82. The number of fused-ring (bicyclic) bond motifs is 1. The number of aromatic nitrogens is 2. The van der Waals surface area contributed by atoms with Gasteiger partial charge < -0.3 is 37.7 Å². The first-order chi connectivity index (χ1) is 16.2. The van der Waals surface area contributed by atoms with E-state index in [-0.39, 0.29) is 16.7 Å². The van der Waals surface area contributed by atoms with Crippen LogP contribution in [0.25, 0.3) is 0 Å². The molecule has 4 heterocycles. The summed E-state index contributed by atoms with van der Waals surface area (Å²) in [4.78, 5) is 44.4. The van der Waals surface area contributed by atoms with Crippen molar-refractivity contribution in [3.63, 3.8) is 0 Å². The molecule has 180 valence electrons. The lowest BCUT2D eigenvalue weighted by atomic mass is 9.83. The Kier molecular flexibility index (Phi) is 6.32. The van der Waals surface area contributed by atoms with Crippen molar-refractivity contribution < 1.29 is 24.7 Å². The van der Waals surface area contributed by atoms with Crippen molar-refractivity contribution in [2.75, 3.05) is 18.8 Å². The van der Waals surface area contributed by atoms with E-state index in [9.17, 15) is 24.7 Å². The van der Waals surface area contributed by atoms with Crippen molar-refractivity contribution in [3.8, 4) is 0 Å². The third-order valence-corrected chi connectivity index (χ3v) is 6.36. The lowest BCUT2D eigenvalue weighted by Gasteiger charge is -2.50. The zero-order valence-electron chi connectivity index (χ0n) is 17.8. The lowest BCUT2D eigenvalue weighted by Crippen LogP contribution is -2.72. The highest BCUT2D eigenvalue weighted by Gasteiger charge is 2.53. The molecule has 1 aromatic heterocycles. The number of nitrogens with two attached hydrogens (primary N) is 3. The van der Waals surface area contributed by atoms with E-state index in [0.29, 0.717) is 31.5 Å². The molecule has 3 aliphatic rings. The minimum atomic E-state index is -1.22. The molecule has 2 atom stereocenters. The predicted octanol–water partition coefficient (Wildman–Crippen LogP) is -1.87. The van der Waals surface area contributed by atoms with Crippen LogP contribution in [0.2, 0.25) is 0 Å². The summed E-state index contributed by atoms with van der Waals surface area (Å²) in [6, 6.07) is -1.51. The van der Waals surface area contributed by atoms with E-state index in [2.05, 4.69) is 19.8 Å². The number of amides is 2. The van der Waals surface area contributed by atoms with Gasteiger partial charge in [-0.1, -0.05) is 11.2 Å². The molecule has 34 heavy (non-hydrogen) atoms. The topological polar surface area (TPSA) is 226 Å². The minimum Gasteiger partial charge on any atom is -0.477 e. The van der Waals surface area contributed by atoms with Gasteiger partial charge in [0.1, 0.15) is 11.7 Å². The average Bonchev–Trinajstić information content (AvgIpc) is 3.23. The maximum absolute atomic E-state index is 12.9. The van der Waals surface area contributed by atoms with Gasteiger partial charge in [-0.3, -0.25) is 14.5 Å². The van der Waals surface area contributed by atoms with Crippen LogP contribution < -0.4 is 22.5 Å². The van der Waals surface area contributed by atoms with E-state index in [1.165, 1.54) is 4.90 Å². The van der Waals surface area contributed by atoms with E-state index in [1.807, 2.05) is 11.0 Å². The highest BCUT2D eigenvalue weighted by Crippen LogP contribution is 2.37. The number of β-lactam (4-membered cyclic amide) rings is 1. The maximum Gasteiger partial charge on any atom is 0.352 e. The number of carboxylic acids is 1. The number of aliphatic carboxylic acids is 1. The molecule has 1 aromatic rings. The number of anilines is 1. The highest BCUT2D eigenvalue weighted by molar-refractivity contribution is 7.09. The van der Waals surface area contributed by atoms with Crippen LogP contribution in [0.15, 0.2) is 40.4 Å². The second kappa shape index (κ2) is 9.20. The Morgan fingerprint density at radius 2 is 2.15 bits per heavy atom. The summed E-state index contributed by atoms with van der Waals surface area (Å²) >= 11 is 0.816.